The molecule has 3 aromatic rings. The van der Waals surface area contributed by atoms with Gasteiger partial charge in [0, 0.05) is 50.2 Å². The van der Waals surface area contributed by atoms with E-state index in [1.54, 1.807) is 17.8 Å². The van der Waals surface area contributed by atoms with E-state index >= 15 is 4.39 Å². The molecule has 4 nitrogen and oxygen atoms in total. The van der Waals surface area contributed by atoms with E-state index < -0.39 is 8.32 Å². The molecular weight excluding hydrogens is 463 g/mol. The molecular formula is C27H35FN2O2SSi. The van der Waals surface area contributed by atoms with Crippen LogP contribution < -0.4 is 5.32 Å². The number of aromatic nitrogens is 1. The number of thioether (sulfide) groups is 1. The van der Waals surface area contributed by atoms with Crippen molar-refractivity contribution in [3.63, 3.8) is 0 Å². The van der Waals surface area contributed by atoms with Crippen molar-refractivity contribution in [1.82, 2.24) is 4.98 Å². The highest BCUT2D eigenvalue weighted by Gasteiger charge is 2.41. The molecule has 7 heteroatoms. The Kier molecular flexibility index (Phi) is 6.51. The zero-order valence-corrected chi connectivity index (χ0v) is 21.7. The SMILES string of the molecule is C.CC(C)(C)[Si](C)(C)O[C@@H]1CC[C@@H](Sc2cc(-c3ccc[nH]3)c3c4c(ccc(F)c24)NC3=O)C1. The molecule has 2 heterocycles. The van der Waals surface area contributed by atoms with Crippen LogP contribution in [0.15, 0.2) is 41.4 Å². The average Bonchev–Trinajstić information content (AvgIpc) is 3.46. The number of hydrogen-bond acceptors (Lipinski definition) is 3. The van der Waals surface area contributed by atoms with Gasteiger partial charge in [-0.1, -0.05) is 28.2 Å². The molecule has 2 N–H and O–H groups in total. The molecule has 1 aliphatic heterocycles. The smallest absolute Gasteiger partial charge is 0.257 e. The fourth-order valence-electron chi connectivity index (χ4n) is 4.70. The maximum atomic E-state index is 15.2. The van der Waals surface area contributed by atoms with Crippen LogP contribution in [0.3, 0.4) is 0 Å². The van der Waals surface area contributed by atoms with Gasteiger partial charge in [-0.15, -0.1) is 11.8 Å². The minimum absolute atomic E-state index is 0. The van der Waals surface area contributed by atoms with Gasteiger partial charge >= 0.3 is 0 Å². The van der Waals surface area contributed by atoms with Gasteiger partial charge in [-0.2, -0.15) is 0 Å². The van der Waals surface area contributed by atoms with Crippen molar-refractivity contribution in [2.75, 3.05) is 5.32 Å². The second kappa shape index (κ2) is 8.84. The summed E-state index contributed by atoms with van der Waals surface area (Å²) < 4.78 is 21.8. The lowest BCUT2D eigenvalue weighted by molar-refractivity contribution is 0.103. The van der Waals surface area contributed by atoms with E-state index in [1.807, 2.05) is 24.4 Å². The second-order valence-electron chi connectivity index (χ2n) is 10.7. The first-order valence-corrected chi connectivity index (χ1v) is 15.4. The first-order chi connectivity index (χ1) is 15.5. The first-order valence-electron chi connectivity index (χ1n) is 11.6. The van der Waals surface area contributed by atoms with Crippen molar-refractivity contribution in [2.45, 2.75) is 81.8 Å². The van der Waals surface area contributed by atoms with Gasteiger partial charge in [0.05, 0.1) is 5.56 Å². The molecule has 1 amide bonds. The highest BCUT2D eigenvalue weighted by Crippen LogP contribution is 2.48. The van der Waals surface area contributed by atoms with Crippen LogP contribution >= 0.6 is 11.8 Å². The summed E-state index contributed by atoms with van der Waals surface area (Å²) in [6, 6.07) is 8.99. The third-order valence-electron chi connectivity index (χ3n) is 7.46. The first kappa shape index (κ1) is 25.0. The molecule has 2 aromatic carbocycles. The molecule has 2 aliphatic rings. The largest absolute Gasteiger partial charge is 0.414 e. The van der Waals surface area contributed by atoms with Crippen molar-refractivity contribution in [1.29, 1.82) is 0 Å². The number of aromatic amines is 1. The van der Waals surface area contributed by atoms with Crippen LogP contribution in [0.4, 0.5) is 10.1 Å². The summed E-state index contributed by atoms with van der Waals surface area (Å²) >= 11 is 1.73. The summed E-state index contributed by atoms with van der Waals surface area (Å²) in [5.41, 5.74) is 2.93. The van der Waals surface area contributed by atoms with E-state index in [9.17, 15) is 4.79 Å². The molecule has 0 unspecified atom stereocenters. The highest BCUT2D eigenvalue weighted by atomic mass is 32.2. The van der Waals surface area contributed by atoms with Crippen LogP contribution in [-0.2, 0) is 4.43 Å². The fourth-order valence-corrected chi connectivity index (χ4v) is 7.53. The third-order valence-corrected chi connectivity index (χ3v) is 13.3. The lowest BCUT2D eigenvalue weighted by Crippen LogP contribution is -2.43. The Hall–Kier alpha value is -2.09. The summed E-state index contributed by atoms with van der Waals surface area (Å²) in [5, 5.41) is 4.71. The number of anilines is 1. The maximum Gasteiger partial charge on any atom is 0.257 e. The predicted molar refractivity (Wildman–Crippen MR) is 144 cm³/mol. The number of carbonyl (C=O) groups is 1. The molecule has 182 valence electrons. The van der Waals surface area contributed by atoms with Gasteiger partial charge in [-0.3, -0.25) is 4.79 Å². The normalized spacial score (nSPS) is 20.0. The third kappa shape index (κ3) is 4.23. The average molecular weight is 499 g/mol. The van der Waals surface area contributed by atoms with Crippen LogP contribution in [0, 0.1) is 5.82 Å². The Balaban J connectivity index is 0.00000274. The number of amides is 1. The van der Waals surface area contributed by atoms with E-state index in [2.05, 4.69) is 44.2 Å². The lowest BCUT2D eigenvalue weighted by atomic mass is 9.97. The van der Waals surface area contributed by atoms with E-state index in [0.29, 0.717) is 27.3 Å². The van der Waals surface area contributed by atoms with Gasteiger partial charge in [0.25, 0.3) is 5.91 Å². The van der Waals surface area contributed by atoms with Crippen LogP contribution in [0.1, 0.15) is 57.8 Å². The van der Waals surface area contributed by atoms with Gasteiger partial charge in [0.1, 0.15) is 5.82 Å². The van der Waals surface area contributed by atoms with Crippen molar-refractivity contribution in [2.24, 2.45) is 0 Å². The highest BCUT2D eigenvalue weighted by molar-refractivity contribution is 8.00. The second-order valence-corrected chi connectivity index (χ2v) is 16.8. The van der Waals surface area contributed by atoms with Gasteiger partial charge < -0.3 is 14.7 Å². The Bertz CT molecular complexity index is 1230. The Morgan fingerprint density at radius 3 is 2.59 bits per heavy atom. The van der Waals surface area contributed by atoms with Crippen molar-refractivity contribution < 1.29 is 13.6 Å². The Labute approximate surface area is 207 Å². The lowest BCUT2D eigenvalue weighted by Gasteiger charge is -2.38. The standard InChI is InChI=1S/C26H31FN2O2SSi.CH4/c1-26(2,3)33(4,5)31-15-8-9-16(13-15)32-21-14-17(19-7-6-12-28-19)22-24-20(29-25(22)30)11-10-18(27)23(21)24;/h6-7,10-12,14-16,28H,8-9,13H2,1-5H3,(H,29,30);1H4/t15-,16-;/m1./s1. The molecule has 34 heavy (non-hydrogen) atoms. The van der Waals surface area contributed by atoms with Gasteiger partial charge in [-0.25, -0.2) is 4.39 Å². The van der Waals surface area contributed by atoms with Gasteiger partial charge in [-0.05, 0) is 67.7 Å². The predicted octanol–water partition coefficient (Wildman–Crippen LogP) is 8.21. The van der Waals surface area contributed by atoms with E-state index in [1.165, 1.54) is 6.07 Å². The van der Waals surface area contributed by atoms with Gasteiger partial charge in [0.15, 0.2) is 8.32 Å². The zero-order chi connectivity index (χ0) is 23.5. The fraction of sp³-hybridized carbons (Fsp3) is 0.444. The van der Waals surface area contributed by atoms with E-state index in [4.69, 9.17) is 4.43 Å². The molecule has 1 saturated carbocycles. The number of carbonyl (C=O) groups excluding carboxylic acids is 1. The van der Waals surface area contributed by atoms with Crippen LogP contribution in [-0.4, -0.2) is 30.6 Å². The molecule has 2 atom stereocenters. The molecule has 0 spiro atoms. The number of benzene rings is 2. The number of nitrogens with one attached hydrogen (secondary N) is 2. The summed E-state index contributed by atoms with van der Waals surface area (Å²) in [6.45, 7) is 11.4. The topological polar surface area (TPSA) is 54.1 Å². The molecule has 1 fully saturated rings. The maximum absolute atomic E-state index is 15.2. The summed E-state index contributed by atoms with van der Waals surface area (Å²) in [6.07, 6.45) is 5.16. The van der Waals surface area contributed by atoms with Crippen molar-refractivity contribution >= 4 is 42.4 Å². The van der Waals surface area contributed by atoms with Gasteiger partial charge in [0.2, 0.25) is 0 Å². The summed E-state index contributed by atoms with van der Waals surface area (Å²) in [7, 11) is -1.82. The van der Waals surface area contributed by atoms with Crippen molar-refractivity contribution in [3.05, 3.63) is 47.9 Å². The molecule has 5 rings (SSSR count). The summed E-state index contributed by atoms with van der Waals surface area (Å²) in [4.78, 5) is 16.9. The number of H-pyrrole nitrogens is 1. The molecule has 1 aromatic heterocycles. The number of rotatable bonds is 5. The molecule has 0 radical (unpaired) electrons. The molecule has 0 bridgehead atoms. The number of halogens is 1. The summed E-state index contributed by atoms with van der Waals surface area (Å²) in [5.74, 6) is -0.454. The van der Waals surface area contributed by atoms with Crippen LogP contribution in [0.5, 0.6) is 0 Å². The van der Waals surface area contributed by atoms with E-state index in [-0.39, 0.29) is 30.3 Å². The monoisotopic (exact) mass is 498 g/mol. The Morgan fingerprint density at radius 1 is 1.15 bits per heavy atom. The minimum atomic E-state index is -1.82. The zero-order valence-electron chi connectivity index (χ0n) is 19.8. The van der Waals surface area contributed by atoms with Crippen molar-refractivity contribution in [3.8, 4) is 11.3 Å². The molecule has 0 saturated heterocycles. The minimum Gasteiger partial charge on any atom is -0.414 e. The number of hydrogen-bond donors (Lipinski definition) is 2. The van der Waals surface area contributed by atoms with Crippen LogP contribution in [0.25, 0.3) is 22.0 Å². The van der Waals surface area contributed by atoms with E-state index in [0.717, 1.165) is 35.4 Å². The van der Waals surface area contributed by atoms with Crippen LogP contribution in [0.2, 0.25) is 18.1 Å². The quantitative estimate of drug-likeness (QED) is 0.348. The Morgan fingerprint density at radius 2 is 1.91 bits per heavy atom. The molecule has 1 aliphatic carbocycles.